The van der Waals surface area contributed by atoms with Gasteiger partial charge in [0.15, 0.2) is 5.96 Å². The predicted molar refractivity (Wildman–Crippen MR) is 123 cm³/mol. The lowest BCUT2D eigenvalue weighted by Crippen LogP contribution is -2.37. The molecule has 0 radical (unpaired) electrons. The number of rotatable bonds is 6. The third-order valence-electron chi connectivity index (χ3n) is 4.44. The van der Waals surface area contributed by atoms with E-state index in [9.17, 15) is 10.1 Å². The van der Waals surface area contributed by atoms with Crippen LogP contribution in [0.3, 0.4) is 0 Å². The van der Waals surface area contributed by atoms with Gasteiger partial charge in [-0.1, -0.05) is 24.3 Å². The first kappa shape index (κ1) is 21.7. The van der Waals surface area contributed by atoms with Crippen LogP contribution in [0.1, 0.15) is 16.7 Å². The van der Waals surface area contributed by atoms with Crippen molar-refractivity contribution in [3.63, 3.8) is 0 Å². The molecule has 0 bridgehead atoms. The minimum Gasteiger partial charge on any atom is -0.361 e. The normalized spacial score (nSPS) is 11.1. The van der Waals surface area contributed by atoms with E-state index in [0.29, 0.717) is 12.5 Å². The summed E-state index contributed by atoms with van der Waals surface area (Å²) in [5.74, 6) is 0.698. The molecule has 0 atom stereocenters. The maximum atomic E-state index is 10.7. The van der Waals surface area contributed by atoms with Crippen LogP contribution in [0.15, 0.2) is 53.7 Å². The van der Waals surface area contributed by atoms with Crippen LogP contribution in [0.2, 0.25) is 0 Å². The third-order valence-corrected chi connectivity index (χ3v) is 4.44. The lowest BCUT2D eigenvalue weighted by atomic mass is 10.1. The Morgan fingerprint density at radius 3 is 2.61 bits per heavy atom. The number of nitro groups is 1. The number of aromatic nitrogens is 1. The molecule has 7 nitrogen and oxygen atoms in total. The second-order valence-electron chi connectivity index (χ2n) is 6.39. The molecule has 1 heterocycles. The number of hydrogen-bond acceptors (Lipinski definition) is 3. The zero-order chi connectivity index (χ0) is 19.2. The van der Waals surface area contributed by atoms with Gasteiger partial charge in [-0.05, 0) is 36.1 Å². The largest absolute Gasteiger partial charge is 0.361 e. The number of halogens is 1. The number of nitrogens with zero attached hydrogens (tertiary/aromatic N) is 2. The van der Waals surface area contributed by atoms with Crippen molar-refractivity contribution in [2.45, 2.75) is 19.9 Å². The molecule has 0 saturated carbocycles. The molecule has 0 fully saturated rings. The fourth-order valence-electron chi connectivity index (χ4n) is 2.96. The molecule has 3 N–H and O–H groups in total. The molecule has 0 unspecified atom stereocenters. The Morgan fingerprint density at radius 1 is 1.18 bits per heavy atom. The van der Waals surface area contributed by atoms with Gasteiger partial charge in [-0.15, -0.1) is 24.0 Å². The molecule has 148 valence electrons. The monoisotopic (exact) mass is 493 g/mol. The van der Waals surface area contributed by atoms with Crippen LogP contribution in [0.5, 0.6) is 0 Å². The van der Waals surface area contributed by atoms with E-state index in [1.54, 1.807) is 19.2 Å². The molecule has 0 spiro atoms. The molecule has 8 heteroatoms. The minimum absolute atomic E-state index is 0. The van der Waals surface area contributed by atoms with Crippen molar-refractivity contribution in [3.05, 3.63) is 75.5 Å². The highest BCUT2D eigenvalue weighted by Crippen LogP contribution is 2.19. The third kappa shape index (κ3) is 5.44. The summed E-state index contributed by atoms with van der Waals surface area (Å²) in [6.45, 7) is 3.38. The Labute approximate surface area is 180 Å². The smallest absolute Gasteiger partial charge is 0.269 e. The SMILES string of the molecule is CN=C(NCCc1c[nH]c2cc(C)ccc12)NCc1ccc([N+](=O)[O-])cc1.I. The van der Waals surface area contributed by atoms with Crippen molar-refractivity contribution in [2.24, 2.45) is 4.99 Å². The number of non-ortho nitro benzene ring substituents is 1. The molecule has 2 aromatic carbocycles. The van der Waals surface area contributed by atoms with E-state index in [4.69, 9.17) is 0 Å². The molecule has 0 aliphatic rings. The highest BCUT2D eigenvalue weighted by molar-refractivity contribution is 14.0. The van der Waals surface area contributed by atoms with Crippen LogP contribution in [0.25, 0.3) is 10.9 Å². The van der Waals surface area contributed by atoms with Crippen molar-refractivity contribution in [2.75, 3.05) is 13.6 Å². The highest BCUT2D eigenvalue weighted by atomic mass is 127. The number of fused-ring (bicyclic) bond motifs is 1. The summed E-state index contributed by atoms with van der Waals surface area (Å²) in [6.07, 6.45) is 2.93. The van der Waals surface area contributed by atoms with Crippen molar-refractivity contribution in [1.29, 1.82) is 0 Å². The summed E-state index contributed by atoms with van der Waals surface area (Å²) in [5.41, 5.74) is 4.71. The molecule has 0 aliphatic carbocycles. The van der Waals surface area contributed by atoms with E-state index in [0.717, 1.165) is 24.0 Å². The van der Waals surface area contributed by atoms with Gasteiger partial charge < -0.3 is 15.6 Å². The summed E-state index contributed by atoms with van der Waals surface area (Å²) < 4.78 is 0. The second-order valence-corrected chi connectivity index (χ2v) is 6.39. The van der Waals surface area contributed by atoms with E-state index in [1.165, 1.54) is 28.6 Å². The fraction of sp³-hybridized carbons (Fsp3) is 0.250. The van der Waals surface area contributed by atoms with Crippen molar-refractivity contribution < 1.29 is 4.92 Å². The number of aromatic amines is 1. The molecule has 3 rings (SSSR count). The van der Waals surface area contributed by atoms with Crippen LogP contribution in [0.4, 0.5) is 5.69 Å². The lowest BCUT2D eigenvalue weighted by Gasteiger charge is -2.11. The van der Waals surface area contributed by atoms with Gasteiger partial charge in [0.2, 0.25) is 0 Å². The number of aliphatic imine (C=N–C) groups is 1. The molecule has 28 heavy (non-hydrogen) atoms. The van der Waals surface area contributed by atoms with E-state index in [2.05, 4.69) is 51.9 Å². The zero-order valence-corrected chi connectivity index (χ0v) is 18.2. The summed E-state index contributed by atoms with van der Waals surface area (Å²) in [5, 5.41) is 18.5. The van der Waals surface area contributed by atoms with Gasteiger partial charge in [0.05, 0.1) is 4.92 Å². The van der Waals surface area contributed by atoms with Crippen LogP contribution >= 0.6 is 24.0 Å². The van der Waals surface area contributed by atoms with Gasteiger partial charge in [0.1, 0.15) is 0 Å². The molecule has 0 saturated heterocycles. The fourth-order valence-corrected chi connectivity index (χ4v) is 2.96. The number of nitrogens with one attached hydrogen (secondary N) is 3. The molecule has 0 amide bonds. The van der Waals surface area contributed by atoms with Gasteiger partial charge in [0.25, 0.3) is 5.69 Å². The summed E-state index contributed by atoms with van der Waals surface area (Å²) in [6, 6.07) is 12.9. The Hall–Kier alpha value is -2.62. The van der Waals surface area contributed by atoms with Crippen molar-refractivity contribution in [1.82, 2.24) is 15.6 Å². The first-order chi connectivity index (χ1) is 13.1. The zero-order valence-electron chi connectivity index (χ0n) is 15.9. The van der Waals surface area contributed by atoms with Gasteiger partial charge in [-0.3, -0.25) is 15.1 Å². The van der Waals surface area contributed by atoms with Crippen LogP contribution in [-0.2, 0) is 13.0 Å². The minimum atomic E-state index is -0.399. The summed E-state index contributed by atoms with van der Waals surface area (Å²) in [4.78, 5) is 17.8. The first-order valence-electron chi connectivity index (χ1n) is 8.81. The number of nitro benzene ring substituents is 1. The van der Waals surface area contributed by atoms with Crippen LogP contribution in [0, 0.1) is 17.0 Å². The average Bonchev–Trinajstić information content (AvgIpc) is 3.06. The number of aryl methyl sites for hydroxylation is 1. The van der Waals surface area contributed by atoms with Gasteiger partial charge in [-0.2, -0.15) is 0 Å². The van der Waals surface area contributed by atoms with Crippen molar-refractivity contribution in [3.8, 4) is 0 Å². The summed E-state index contributed by atoms with van der Waals surface area (Å²) >= 11 is 0. The van der Waals surface area contributed by atoms with Crippen LogP contribution < -0.4 is 10.6 Å². The average molecular weight is 493 g/mol. The number of guanidine groups is 1. The quantitative estimate of drug-likeness (QED) is 0.160. The molecule has 3 aromatic rings. The predicted octanol–water partition coefficient (Wildman–Crippen LogP) is 3.91. The maximum Gasteiger partial charge on any atom is 0.269 e. The topological polar surface area (TPSA) is 95.3 Å². The molecular weight excluding hydrogens is 469 g/mol. The van der Waals surface area contributed by atoms with Crippen molar-refractivity contribution >= 4 is 46.5 Å². The summed E-state index contributed by atoms with van der Waals surface area (Å²) in [7, 11) is 1.72. The number of hydrogen-bond donors (Lipinski definition) is 3. The molecular formula is C20H24IN5O2. The molecule has 0 aliphatic heterocycles. The van der Waals surface area contributed by atoms with Gasteiger partial charge in [0, 0.05) is 49.4 Å². The van der Waals surface area contributed by atoms with E-state index in [-0.39, 0.29) is 29.7 Å². The standard InChI is InChI=1S/C20H23N5O2.HI/c1-14-3-8-18-16(13-23-19(18)11-14)9-10-22-20(21-2)24-12-15-4-6-17(7-5-15)25(26)27;/h3-8,11,13,23H,9-10,12H2,1-2H3,(H2,21,22,24);1H. The number of benzene rings is 2. The van der Waals surface area contributed by atoms with Gasteiger partial charge in [-0.25, -0.2) is 0 Å². The lowest BCUT2D eigenvalue weighted by molar-refractivity contribution is -0.384. The Kier molecular flexibility index (Phi) is 7.80. The Bertz CT molecular complexity index is 966. The van der Waals surface area contributed by atoms with E-state index < -0.39 is 4.92 Å². The van der Waals surface area contributed by atoms with Gasteiger partial charge >= 0.3 is 0 Å². The van der Waals surface area contributed by atoms with Crippen LogP contribution in [-0.4, -0.2) is 29.5 Å². The maximum absolute atomic E-state index is 10.7. The highest BCUT2D eigenvalue weighted by Gasteiger charge is 2.06. The van der Waals surface area contributed by atoms with E-state index >= 15 is 0 Å². The Morgan fingerprint density at radius 2 is 1.93 bits per heavy atom. The first-order valence-corrected chi connectivity index (χ1v) is 8.81. The number of H-pyrrole nitrogens is 1. The van der Waals surface area contributed by atoms with E-state index in [1.807, 2.05) is 0 Å². The second kappa shape index (κ2) is 10.1. The Balaban J connectivity index is 0.00000280. The molecule has 1 aromatic heterocycles.